The van der Waals surface area contributed by atoms with Crippen LogP contribution in [0, 0.1) is 0 Å². The predicted molar refractivity (Wildman–Crippen MR) is 80.2 cm³/mol. The van der Waals surface area contributed by atoms with E-state index in [0.29, 0.717) is 11.0 Å². The number of nitrogens with zero attached hydrogens (tertiary/aromatic N) is 2. The number of dihydropyridines is 1. The topological polar surface area (TPSA) is 73.9 Å². The van der Waals surface area contributed by atoms with E-state index < -0.39 is 0 Å². The summed E-state index contributed by atoms with van der Waals surface area (Å²) >= 11 is 0. The average Bonchev–Trinajstić information content (AvgIpc) is 2.87. The highest BCUT2D eigenvalue weighted by Gasteiger charge is 2.11. The van der Waals surface area contributed by atoms with Crippen molar-refractivity contribution in [2.45, 2.75) is 6.42 Å². The minimum atomic E-state index is -0.113. The third kappa shape index (κ3) is 1.60. The second-order valence-corrected chi connectivity index (χ2v) is 4.82. The summed E-state index contributed by atoms with van der Waals surface area (Å²) in [6.45, 7) is 0.726. The van der Waals surface area contributed by atoms with Gasteiger partial charge in [-0.05, 0) is 23.3 Å². The second-order valence-electron chi connectivity index (χ2n) is 4.82. The van der Waals surface area contributed by atoms with Crippen molar-refractivity contribution < 1.29 is 0 Å². The first-order chi connectivity index (χ1) is 9.83. The summed E-state index contributed by atoms with van der Waals surface area (Å²) in [4.78, 5) is 26.2. The molecule has 0 amide bonds. The molecule has 5 nitrogen and oxygen atoms in total. The van der Waals surface area contributed by atoms with Crippen LogP contribution < -0.4 is 5.56 Å². The van der Waals surface area contributed by atoms with Crippen molar-refractivity contribution in [1.82, 2.24) is 15.0 Å². The first kappa shape index (κ1) is 11.2. The van der Waals surface area contributed by atoms with E-state index in [9.17, 15) is 4.79 Å². The SMILES string of the molecule is O=c1[nH]cnc2[nH]c3ccc(C4=CCN=CC4)cc3c12. The lowest BCUT2D eigenvalue weighted by Crippen LogP contribution is -2.04. The quantitative estimate of drug-likeness (QED) is 0.707. The molecule has 4 rings (SSSR count). The largest absolute Gasteiger partial charge is 0.339 e. The van der Waals surface area contributed by atoms with Crippen LogP contribution in [0.25, 0.3) is 27.5 Å². The van der Waals surface area contributed by atoms with Crippen LogP contribution in [0.1, 0.15) is 12.0 Å². The molecule has 5 heteroatoms. The Hall–Kier alpha value is -2.69. The molecule has 0 spiro atoms. The van der Waals surface area contributed by atoms with E-state index in [-0.39, 0.29) is 5.56 Å². The van der Waals surface area contributed by atoms with Gasteiger partial charge in [0.05, 0.1) is 18.3 Å². The van der Waals surface area contributed by atoms with Gasteiger partial charge in [0.2, 0.25) is 0 Å². The molecule has 0 aliphatic carbocycles. The summed E-state index contributed by atoms with van der Waals surface area (Å²) in [7, 11) is 0. The van der Waals surface area contributed by atoms with Crippen molar-refractivity contribution in [3.05, 3.63) is 46.5 Å². The van der Waals surface area contributed by atoms with Gasteiger partial charge in [-0.25, -0.2) is 4.98 Å². The van der Waals surface area contributed by atoms with Gasteiger partial charge < -0.3 is 9.97 Å². The zero-order chi connectivity index (χ0) is 13.5. The van der Waals surface area contributed by atoms with Gasteiger partial charge in [0, 0.05) is 23.5 Å². The number of benzene rings is 1. The van der Waals surface area contributed by atoms with Crippen LogP contribution in [0.15, 0.2) is 40.4 Å². The van der Waals surface area contributed by atoms with Crippen molar-refractivity contribution >= 4 is 33.7 Å². The number of H-pyrrole nitrogens is 2. The maximum atomic E-state index is 12.0. The van der Waals surface area contributed by atoms with E-state index in [1.165, 1.54) is 11.9 Å². The molecule has 0 fully saturated rings. The summed E-state index contributed by atoms with van der Waals surface area (Å²) in [5, 5.41) is 1.53. The predicted octanol–water partition coefficient (Wildman–Crippen LogP) is 2.26. The van der Waals surface area contributed by atoms with Crippen LogP contribution in [-0.4, -0.2) is 27.7 Å². The van der Waals surface area contributed by atoms with E-state index in [2.05, 4.69) is 38.2 Å². The third-order valence-electron chi connectivity index (χ3n) is 3.65. The minimum absolute atomic E-state index is 0.113. The van der Waals surface area contributed by atoms with Gasteiger partial charge in [-0.2, -0.15) is 0 Å². The lowest BCUT2D eigenvalue weighted by Gasteiger charge is -2.08. The molecule has 20 heavy (non-hydrogen) atoms. The molecule has 1 aliphatic rings. The molecule has 2 aromatic heterocycles. The molecule has 1 aromatic carbocycles. The van der Waals surface area contributed by atoms with Crippen molar-refractivity contribution in [3.8, 4) is 0 Å². The highest BCUT2D eigenvalue weighted by atomic mass is 16.1. The van der Waals surface area contributed by atoms with Crippen LogP contribution in [-0.2, 0) is 0 Å². The van der Waals surface area contributed by atoms with E-state index in [0.717, 1.165) is 29.4 Å². The lowest BCUT2D eigenvalue weighted by molar-refractivity contribution is 1.16. The Morgan fingerprint density at radius 1 is 1.25 bits per heavy atom. The molecule has 3 heterocycles. The van der Waals surface area contributed by atoms with Gasteiger partial charge in [0.25, 0.3) is 5.56 Å². The summed E-state index contributed by atoms with van der Waals surface area (Å²) < 4.78 is 0. The fourth-order valence-electron chi connectivity index (χ4n) is 2.65. The van der Waals surface area contributed by atoms with Crippen LogP contribution in [0.4, 0.5) is 0 Å². The Morgan fingerprint density at radius 3 is 3.05 bits per heavy atom. The molecular formula is C15H12N4O. The molecule has 2 N–H and O–H groups in total. The van der Waals surface area contributed by atoms with Gasteiger partial charge >= 0.3 is 0 Å². The molecule has 0 bridgehead atoms. The highest BCUT2D eigenvalue weighted by molar-refractivity contribution is 6.06. The molecule has 0 radical (unpaired) electrons. The Bertz CT molecular complexity index is 930. The zero-order valence-corrected chi connectivity index (χ0v) is 10.7. The van der Waals surface area contributed by atoms with E-state index >= 15 is 0 Å². The van der Waals surface area contributed by atoms with Gasteiger partial charge in [-0.3, -0.25) is 9.79 Å². The molecule has 0 atom stereocenters. The van der Waals surface area contributed by atoms with Crippen LogP contribution in [0.2, 0.25) is 0 Å². The normalized spacial score (nSPS) is 14.9. The number of hydrogen-bond donors (Lipinski definition) is 2. The van der Waals surface area contributed by atoms with Crippen LogP contribution in [0.5, 0.6) is 0 Å². The maximum Gasteiger partial charge on any atom is 0.260 e. The fraction of sp³-hybridized carbons (Fsp3) is 0.133. The van der Waals surface area contributed by atoms with Gasteiger partial charge in [-0.1, -0.05) is 12.1 Å². The lowest BCUT2D eigenvalue weighted by atomic mass is 10.00. The van der Waals surface area contributed by atoms with Gasteiger partial charge in [0.15, 0.2) is 0 Å². The third-order valence-corrected chi connectivity index (χ3v) is 3.65. The summed E-state index contributed by atoms with van der Waals surface area (Å²) in [6.07, 6.45) is 6.31. The Balaban J connectivity index is 2.00. The summed E-state index contributed by atoms with van der Waals surface area (Å²) in [5.74, 6) is 0. The fourth-order valence-corrected chi connectivity index (χ4v) is 2.65. The van der Waals surface area contributed by atoms with Crippen molar-refractivity contribution in [2.75, 3.05) is 6.54 Å². The maximum absolute atomic E-state index is 12.0. The van der Waals surface area contributed by atoms with Crippen LogP contribution in [0.3, 0.4) is 0 Å². The minimum Gasteiger partial charge on any atom is -0.339 e. The number of aromatic nitrogens is 3. The van der Waals surface area contributed by atoms with Crippen molar-refractivity contribution in [2.24, 2.45) is 4.99 Å². The summed E-state index contributed by atoms with van der Waals surface area (Å²) in [6, 6.07) is 6.12. The zero-order valence-electron chi connectivity index (χ0n) is 10.7. The van der Waals surface area contributed by atoms with Gasteiger partial charge in [-0.15, -0.1) is 0 Å². The molecule has 3 aromatic rings. The second kappa shape index (κ2) is 4.16. The molecule has 98 valence electrons. The van der Waals surface area contributed by atoms with E-state index in [1.807, 2.05) is 12.3 Å². The standard InChI is InChI=1S/C15H12N4O/c20-15-13-11-7-10(9-3-5-16-6-4-9)1-2-12(11)19-14(13)17-8-18-15/h1-3,6-8H,4-5H2,(H2,17,18,19,20). The first-order valence-corrected chi connectivity index (χ1v) is 6.50. The molecule has 0 saturated carbocycles. The number of aliphatic imine (C=N–C) groups is 1. The Labute approximate surface area is 114 Å². The molecule has 0 saturated heterocycles. The highest BCUT2D eigenvalue weighted by Crippen LogP contribution is 2.27. The average molecular weight is 264 g/mol. The monoisotopic (exact) mass is 264 g/mol. The number of allylic oxidation sites excluding steroid dienone is 1. The molecule has 1 aliphatic heterocycles. The number of nitrogens with one attached hydrogen (secondary N) is 2. The first-order valence-electron chi connectivity index (χ1n) is 6.50. The van der Waals surface area contributed by atoms with Gasteiger partial charge in [0.1, 0.15) is 5.65 Å². The molecule has 0 unspecified atom stereocenters. The summed E-state index contributed by atoms with van der Waals surface area (Å²) in [5.41, 5.74) is 3.82. The van der Waals surface area contributed by atoms with Crippen molar-refractivity contribution in [1.29, 1.82) is 0 Å². The Morgan fingerprint density at radius 2 is 2.20 bits per heavy atom. The molecular weight excluding hydrogens is 252 g/mol. The number of fused-ring (bicyclic) bond motifs is 3. The van der Waals surface area contributed by atoms with Crippen LogP contribution >= 0.6 is 0 Å². The van der Waals surface area contributed by atoms with E-state index in [1.54, 1.807) is 0 Å². The number of aromatic amines is 2. The van der Waals surface area contributed by atoms with E-state index in [4.69, 9.17) is 0 Å². The van der Waals surface area contributed by atoms with Crippen molar-refractivity contribution in [3.63, 3.8) is 0 Å². The number of hydrogen-bond acceptors (Lipinski definition) is 3. The Kier molecular flexibility index (Phi) is 2.32. The number of rotatable bonds is 1. The smallest absolute Gasteiger partial charge is 0.260 e.